The normalized spacial score (nSPS) is 10.7. The van der Waals surface area contributed by atoms with E-state index >= 15 is 0 Å². The summed E-state index contributed by atoms with van der Waals surface area (Å²) in [6.07, 6.45) is 1.38. The minimum atomic E-state index is -0.533. The van der Waals surface area contributed by atoms with Crippen LogP contribution < -0.4 is 5.32 Å². The van der Waals surface area contributed by atoms with Crippen LogP contribution in [0.25, 0.3) is 6.08 Å². The van der Waals surface area contributed by atoms with E-state index in [2.05, 4.69) is 5.32 Å². The molecule has 6 heteroatoms. The maximum absolute atomic E-state index is 12.1. The van der Waals surface area contributed by atoms with Gasteiger partial charge in [0.2, 0.25) is 0 Å². The van der Waals surface area contributed by atoms with Crippen LogP contribution >= 0.6 is 0 Å². The predicted octanol–water partition coefficient (Wildman–Crippen LogP) is 3.45. The molecule has 23 heavy (non-hydrogen) atoms. The standard InChI is InChI=1S/C17H13N3O3/c1-12-2-6-15(7-3-12)19-17(21)14(11-18)10-13-4-8-16(9-5-13)20(22)23/h2-10H,1H3,(H,19,21)/b14-10-. The molecule has 114 valence electrons. The van der Waals surface area contributed by atoms with Crippen molar-refractivity contribution in [2.45, 2.75) is 6.92 Å². The van der Waals surface area contributed by atoms with E-state index in [1.54, 1.807) is 12.1 Å². The molecule has 0 radical (unpaired) electrons. The highest BCUT2D eigenvalue weighted by molar-refractivity contribution is 6.09. The van der Waals surface area contributed by atoms with Crippen LogP contribution in [-0.2, 0) is 4.79 Å². The van der Waals surface area contributed by atoms with Crippen LogP contribution in [-0.4, -0.2) is 10.8 Å². The number of non-ortho nitro benzene ring substituents is 1. The van der Waals surface area contributed by atoms with Crippen LogP contribution in [0.15, 0.2) is 54.1 Å². The molecule has 0 aliphatic carbocycles. The summed E-state index contributed by atoms with van der Waals surface area (Å²) in [4.78, 5) is 22.2. The highest BCUT2D eigenvalue weighted by Crippen LogP contribution is 2.15. The first-order valence-corrected chi connectivity index (χ1v) is 6.74. The Kier molecular flexibility index (Phi) is 4.85. The summed E-state index contributed by atoms with van der Waals surface area (Å²) in [6.45, 7) is 1.93. The number of hydrogen-bond donors (Lipinski definition) is 1. The van der Waals surface area contributed by atoms with Crippen LogP contribution in [0.4, 0.5) is 11.4 Å². The van der Waals surface area contributed by atoms with Gasteiger partial charge in [0.25, 0.3) is 11.6 Å². The van der Waals surface area contributed by atoms with Crippen molar-refractivity contribution in [1.82, 2.24) is 0 Å². The summed E-state index contributed by atoms with van der Waals surface area (Å²) < 4.78 is 0. The molecule has 2 rings (SSSR count). The third-order valence-corrected chi connectivity index (χ3v) is 3.09. The Morgan fingerprint density at radius 3 is 2.30 bits per heavy atom. The number of carbonyl (C=O) groups excluding carboxylic acids is 1. The number of rotatable bonds is 4. The van der Waals surface area contributed by atoms with Gasteiger partial charge in [-0.05, 0) is 42.8 Å². The second kappa shape index (κ2) is 7.00. The van der Waals surface area contributed by atoms with E-state index in [0.29, 0.717) is 11.3 Å². The second-order valence-electron chi connectivity index (χ2n) is 4.84. The lowest BCUT2D eigenvalue weighted by Crippen LogP contribution is -2.13. The largest absolute Gasteiger partial charge is 0.321 e. The van der Waals surface area contributed by atoms with Gasteiger partial charge in [-0.25, -0.2) is 0 Å². The number of aryl methyl sites for hydroxylation is 1. The molecule has 0 aromatic heterocycles. The number of nitro benzene ring substituents is 1. The molecule has 0 saturated carbocycles. The number of hydrogen-bond acceptors (Lipinski definition) is 4. The van der Waals surface area contributed by atoms with E-state index in [4.69, 9.17) is 5.26 Å². The quantitative estimate of drug-likeness (QED) is 0.405. The van der Waals surface area contributed by atoms with Gasteiger partial charge in [0.1, 0.15) is 11.6 Å². The Balaban J connectivity index is 2.17. The summed E-state index contributed by atoms with van der Waals surface area (Å²) in [6, 6.07) is 14.6. The average Bonchev–Trinajstić information content (AvgIpc) is 2.55. The predicted molar refractivity (Wildman–Crippen MR) is 86.5 cm³/mol. The molecule has 6 nitrogen and oxygen atoms in total. The fourth-order valence-electron chi connectivity index (χ4n) is 1.84. The van der Waals surface area contributed by atoms with Crippen molar-refractivity contribution in [2.24, 2.45) is 0 Å². The summed E-state index contributed by atoms with van der Waals surface area (Å²) in [5.74, 6) is -0.533. The third-order valence-electron chi connectivity index (χ3n) is 3.09. The molecule has 1 amide bonds. The van der Waals surface area contributed by atoms with Crippen molar-refractivity contribution in [3.05, 3.63) is 75.3 Å². The lowest BCUT2D eigenvalue weighted by atomic mass is 10.1. The van der Waals surface area contributed by atoms with Gasteiger partial charge >= 0.3 is 0 Å². The minimum absolute atomic E-state index is 0.0511. The van der Waals surface area contributed by atoms with Gasteiger partial charge in [-0.15, -0.1) is 0 Å². The first-order chi connectivity index (χ1) is 11.0. The molecular weight excluding hydrogens is 294 g/mol. The van der Waals surface area contributed by atoms with Crippen molar-refractivity contribution < 1.29 is 9.72 Å². The molecule has 0 aliphatic heterocycles. The second-order valence-corrected chi connectivity index (χ2v) is 4.84. The Labute approximate surface area is 132 Å². The van der Waals surface area contributed by atoms with Crippen molar-refractivity contribution >= 4 is 23.4 Å². The zero-order valence-corrected chi connectivity index (χ0v) is 12.3. The van der Waals surface area contributed by atoms with E-state index in [0.717, 1.165) is 5.56 Å². The van der Waals surface area contributed by atoms with Gasteiger partial charge in [0.15, 0.2) is 0 Å². The Morgan fingerprint density at radius 2 is 1.78 bits per heavy atom. The number of benzene rings is 2. The molecule has 0 heterocycles. The van der Waals surface area contributed by atoms with Crippen LogP contribution in [0.3, 0.4) is 0 Å². The fraction of sp³-hybridized carbons (Fsp3) is 0.0588. The average molecular weight is 307 g/mol. The van der Waals surface area contributed by atoms with Gasteiger partial charge in [0, 0.05) is 17.8 Å². The monoisotopic (exact) mass is 307 g/mol. The number of carbonyl (C=O) groups is 1. The molecule has 1 N–H and O–H groups in total. The van der Waals surface area contributed by atoms with Gasteiger partial charge < -0.3 is 5.32 Å². The van der Waals surface area contributed by atoms with Gasteiger partial charge in [-0.3, -0.25) is 14.9 Å². The summed E-state index contributed by atoms with van der Waals surface area (Å²) in [7, 11) is 0. The molecule has 0 fully saturated rings. The number of amides is 1. The zero-order valence-electron chi connectivity index (χ0n) is 12.3. The zero-order chi connectivity index (χ0) is 16.8. The van der Waals surface area contributed by atoms with Crippen molar-refractivity contribution in [3.8, 4) is 6.07 Å². The minimum Gasteiger partial charge on any atom is -0.321 e. The number of nitro groups is 1. The van der Waals surface area contributed by atoms with E-state index < -0.39 is 10.8 Å². The molecule has 0 unspecified atom stereocenters. The van der Waals surface area contributed by atoms with Gasteiger partial charge in [-0.2, -0.15) is 5.26 Å². The third kappa shape index (κ3) is 4.25. The summed E-state index contributed by atoms with van der Waals surface area (Å²) >= 11 is 0. The van der Waals surface area contributed by atoms with Gasteiger partial charge in [-0.1, -0.05) is 17.7 Å². The highest BCUT2D eigenvalue weighted by Gasteiger charge is 2.10. The van der Waals surface area contributed by atoms with E-state index in [-0.39, 0.29) is 11.3 Å². The smallest absolute Gasteiger partial charge is 0.269 e. The maximum atomic E-state index is 12.1. The van der Waals surface area contributed by atoms with E-state index in [1.165, 1.54) is 30.3 Å². The summed E-state index contributed by atoms with van der Waals surface area (Å²) in [5, 5.41) is 22.4. The molecular formula is C17H13N3O3. The SMILES string of the molecule is Cc1ccc(NC(=O)/C(C#N)=C\c2ccc([N+](=O)[O-])cc2)cc1. The Morgan fingerprint density at radius 1 is 1.17 bits per heavy atom. The lowest BCUT2D eigenvalue weighted by Gasteiger charge is -2.04. The molecule has 2 aromatic rings. The van der Waals surface area contributed by atoms with E-state index in [1.807, 2.05) is 25.1 Å². The Bertz CT molecular complexity index is 800. The molecule has 2 aromatic carbocycles. The number of nitriles is 1. The fourth-order valence-corrected chi connectivity index (χ4v) is 1.84. The van der Waals surface area contributed by atoms with Crippen molar-refractivity contribution in [2.75, 3.05) is 5.32 Å². The number of anilines is 1. The molecule has 0 atom stereocenters. The molecule has 0 saturated heterocycles. The Hall–Kier alpha value is -3.46. The molecule has 0 spiro atoms. The van der Waals surface area contributed by atoms with Crippen LogP contribution in [0.1, 0.15) is 11.1 Å². The topological polar surface area (TPSA) is 96.0 Å². The van der Waals surface area contributed by atoms with Crippen LogP contribution in [0, 0.1) is 28.4 Å². The van der Waals surface area contributed by atoms with Crippen LogP contribution in [0.5, 0.6) is 0 Å². The molecule has 0 aliphatic rings. The first kappa shape index (κ1) is 15.9. The summed E-state index contributed by atoms with van der Waals surface area (Å²) in [5.41, 5.74) is 2.05. The lowest BCUT2D eigenvalue weighted by molar-refractivity contribution is -0.384. The molecule has 0 bridgehead atoms. The maximum Gasteiger partial charge on any atom is 0.269 e. The van der Waals surface area contributed by atoms with Gasteiger partial charge in [0.05, 0.1) is 4.92 Å². The number of nitrogens with zero attached hydrogens (tertiary/aromatic N) is 2. The number of nitrogens with one attached hydrogen (secondary N) is 1. The highest BCUT2D eigenvalue weighted by atomic mass is 16.6. The van der Waals surface area contributed by atoms with Crippen molar-refractivity contribution in [3.63, 3.8) is 0 Å². The van der Waals surface area contributed by atoms with E-state index in [9.17, 15) is 14.9 Å². The van der Waals surface area contributed by atoms with Crippen LogP contribution in [0.2, 0.25) is 0 Å². The first-order valence-electron chi connectivity index (χ1n) is 6.74. The van der Waals surface area contributed by atoms with Crippen molar-refractivity contribution in [1.29, 1.82) is 5.26 Å².